The monoisotopic (exact) mass is 271 g/mol. The Morgan fingerprint density at radius 2 is 2.06 bits per heavy atom. The van der Waals surface area contributed by atoms with Gasteiger partial charge in [-0.3, -0.25) is 9.48 Å². The molecule has 0 aromatic carbocycles. The van der Waals surface area contributed by atoms with E-state index in [1.807, 2.05) is 32.4 Å². The van der Waals surface area contributed by atoms with Gasteiger partial charge in [0.2, 0.25) is 0 Å². The van der Waals surface area contributed by atoms with Gasteiger partial charge in [-0.1, -0.05) is 18.5 Å². The molecule has 4 nitrogen and oxygen atoms in total. The molecule has 0 aliphatic rings. The number of ketones is 1. The van der Waals surface area contributed by atoms with Gasteiger partial charge in [0.05, 0.1) is 28.4 Å². The van der Waals surface area contributed by atoms with Crippen molar-refractivity contribution in [2.24, 2.45) is 0 Å². The van der Waals surface area contributed by atoms with Crippen LogP contribution in [0, 0.1) is 0 Å². The molecule has 102 valence electrons. The standard InChI is InChI=1S/C13H22ClN3O/c1-6-9-12(14)10(17(7-2)16-9)8-11(18)13(3,4)15-5/h15H,6-8H2,1-5H3. The molecule has 0 saturated carbocycles. The van der Waals surface area contributed by atoms with Crippen LogP contribution < -0.4 is 5.32 Å². The van der Waals surface area contributed by atoms with Crippen LogP contribution in [0.15, 0.2) is 0 Å². The quantitative estimate of drug-likeness (QED) is 0.863. The number of hydrogen-bond acceptors (Lipinski definition) is 3. The van der Waals surface area contributed by atoms with Crippen molar-refractivity contribution in [3.63, 3.8) is 0 Å². The summed E-state index contributed by atoms with van der Waals surface area (Å²) in [7, 11) is 1.79. The van der Waals surface area contributed by atoms with Gasteiger partial charge in [-0.2, -0.15) is 5.10 Å². The molecule has 0 radical (unpaired) electrons. The maximum atomic E-state index is 12.2. The number of likely N-dealkylation sites (N-methyl/N-ethyl adjacent to an activating group) is 1. The smallest absolute Gasteiger partial charge is 0.158 e. The van der Waals surface area contributed by atoms with E-state index >= 15 is 0 Å². The van der Waals surface area contributed by atoms with Gasteiger partial charge in [-0.15, -0.1) is 0 Å². The van der Waals surface area contributed by atoms with Gasteiger partial charge in [0.15, 0.2) is 5.78 Å². The Bertz CT molecular complexity index is 438. The molecule has 1 aromatic heterocycles. The summed E-state index contributed by atoms with van der Waals surface area (Å²) in [6.07, 6.45) is 1.09. The summed E-state index contributed by atoms with van der Waals surface area (Å²) in [4.78, 5) is 12.2. The van der Waals surface area contributed by atoms with Gasteiger partial charge < -0.3 is 5.32 Å². The minimum Gasteiger partial charge on any atom is -0.308 e. The number of halogens is 1. The number of aromatic nitrogens is 2. The van der Waals surface area contributed by atoms with Crippen molar-refractivity contribution >= 4 is 17.4 Å². The van der Waals surface area contributed by atoms with Crippen molar-refractivity contribution in [1.82, 2.24) is 15.1 Å². The fraction of sp³-hybridized carbons (Fsp3) is 0.692. The van der Waals surface area contributed by atoms with Crippen LogP contribution in [0.2, 0.25) is 5.02 Å². The minimum atomic E-state index is -0.543. The summed E-state index contributed by atoms with van der Waals surface area (Å²) in [6, 6.07) is 0. The number of rotatable bonds is 6. The molecule has 0 amide bonds. The first kappa shape index (κ1) is 15.2. The molecule has 0 fully saturated rings. The Kier molecular flexibility index (Phi) is 4.93. The van der Waals surface area contributed by atoms with Crippen LogP contribution in [0.4, 0.5) is 0 Å². The fourth-order valence-corrected chi connectivity index (χ4v) is 2.03. The number of hydrogen-bond donors (Lipinski definition) is 1. The van der Waals surface area contributed by atoms with Crippen LogP contribution in [-0.4, -0.2) is 28.2 Å². The second-order valence-electron chi connectivity index (χ2n) is 4.85. The van der Waals surface area contributed by atoms with Crippen LogP contribution in [0.5, 0.6) is 0 Å². The predicted molar refractivity (Wildman–Crippen MR) is 74.1 cm³/mol. The van der Waals surface area contributed by atoms with Crippen LogP contribution in [0.25, 0.3) is 0 Å². The topological polar surface area (TPSA) is 46.9 Å². The summed E-state index contributed by atoms with van der Waals surface area (Å²) in [5, 5.41) is 8.08. The highest BCUT2D eigenvalue weighted by atomic mass is 35.5. The van der Waals surface area contributed by atoms with Crippen molar-refractivity contribution in [2.75, 3.05) is 7.05 Å². The molecule has 0 unspecified atom stereocenters. The molecule has 0 spiro atoms. The lowest BCUT2D eigenvalue weighted by Gasteiger charge is -2.22. The summed E-state index contributed by atoms with van der Waals surface area (Å²) in [6.45, 7) is 8.48. The average Bonchev–Trinajstić information content (AvgIpc) is 2.66. The molecule has 1 N–H and O–H groups in total. The third-order valence-electron chi connectivity index (χ3n) is 3.34. The lowest BCUT2D eigenvalue weighted by Crippen LogP contribution is -2.45. The number of carbonyl (C=O) groups is 1. The number of nitrogens with one attached hydrogen (secondary N) is 1. The zero-order chi connectivity index (χ0) is 13.9. The number of aryl methyl sites for hydroxylation is 2. The van der Waals surface area contributed by atoms with Crippen molar-refractivity contribution in [3.8, 4) is 0 Å². The maximum Gasteiger partial charge on any atom is 0.158 e. The molecule has 5 heteroatoms. The van der Waals surface area contributed by atoms with Crippen LogP contribution in [-0.2, 0) is 24.2 Å². The Hall–Kier alpha value is -0.870. The zero-order valence-electron chi connectivity index (χ0n) is 11.8. The highest BCUT2D eigenvalue weighted by molar-refractivity contribution is 6.32. The maximum absolute atomic E-state index is 12.2. The normalized spacial score (nSPS) is 11.9. The van der Waals surface area contributed by atoms with E-state index in [1.165, 1.54) is 0 Å². The van der Waals surface area contributed by atoms with E-state index in [2.05, 4.69) is 10.4 Å². The van der Waals surface area contributed by atoms with Crippen molar-refractivity contribution in [2.45, 2.75) is 52.6 Å². The summed E-state index contributed by atoms with van der Waals surface area (Å²) in [5.41, 5.74) is 1.14. The van der Waals surface area contributed by atoms with Gasteiger partial charge in [0.1, 0.15) is 0 Å². The van der Waals surface area contributed by atoms with Crippen LogP contribution >= 0.6 is 11.6 Å². The fourth-order valence-electron chi connectivity index (χ4n) is 1.70. The Labute approximate surface area is 114 Å². The van der Waals surface area contributed by atoms with Gasteiger partial charge in [0, 0.05) is 6.54 Å². The summed E-state index contributed by atoms with van der Waals surface area (Å²) >= 11 is 6.29. The largest absolute Gasteiger partial charge is 0.308 e. The van der Waals surface area contributed by atoms with Gasteiger partial charge in [-0.05, 0) is 34.2 Å². The van der Waals surface area contributed by atoms with Crippen molar-refractivity contribution < 1.29 is 4.79 Å². The molecule has 0 bridgehead atoms. The van der Waals surface area contributed by atoms with Gasteiger partial charge in [-0.25, -0.2) is 0 Å². The molecule has 1 aromatic rings. The van der Waals surface area contributed by atoms with Crippen molar-refractivity contribution in [3.05, 3.63) is 16.4 Å². The Morgan fingerprint density at radius 3 is 2.50 bits per heavy atom. The van der Waals surface area contributed by atoms with E-state index in [4.69, 9.17) is 11.6 Å². The lowest BCUT2D eigenvalue weighted by atomic mass is 9.95. The highest BCUT2D eigenvalue weighted by Crippen LogP contribution is 2.23. The molecule has 0 aliphatic carbocycles. The Balaban J connectivity index is 3.04. The molecule has 0 aliphatic heterocycles. The van der Waals surface area contributed by atoms with E-state index < -0.39 is 5.54 Å². The van der Waals surface area contributed by atoms with E-state index in [9.17, 15) is 4.79 Å². The molecular weight excluding hydrogens is 250 g/mol. The molecule has 1 rings (SSSR count). The third kappa shape index (κ3) is 2.93. The number of Topliss-reactive ketones (excluding diaryl/α,β-unsaturated/α-hetero) is 1. The first-order valence-electron chi connectivity index (χ1n) is 6.33. The van der Waals surface area contributed by atoms with Gasteiger partial charge >= 0.3 is 0 Å². The summed E-state index contributed by atoms with van der Waals surface area (Å²) in [5.74, 6) is 0.115. The van der Waals surface area contributed by atoms with E-state index in [0.717, 1.165) is 24.4 Å². The molecule has 0 atom stereocenters. The molecular formula is C13H22ClN3O. The molecule has 18 heavy (non-hydrogen) atoms. The first-order chi connectivity index (χ1) is 8.37. The van der Waals surface area contributed by atoms with E-state index in [1.54, 1.807) is 7.05 Å². The van der Waals surface area contributed by atoms with E-state index in [-0.39, 0.29) is 5.78 Å². The minimum absolute atomic E-state index is 0.115. The lowest BCUT2D eigenvalue weighted by molar-refractivity contribution is -0.123. The highest BCUT2D eigenvalue weighted by Gasteiger charge is 2.27. The van der Waals surface area contributed by atoms with Gasteiger partial charge in [0.25, 0.3) is 0 Å². The second-order valence-corrected chi connectivity index (χ2v) is 5.23. The third-order valence-corrected chi connectivity index (χ3v) is 3.78. The zero-order valence-corrected chi connectivity index (χ0v) is 12.6. The van der Waals surface area contributed by atoms with Crippen LogP contribution in [0.3, 0.4) is 0 Å². The van der Waals surface area contributed by atoms with Crippen molar-refractivity contribution in [1.29, 1.82) is 0 Å². The van der Waals surface area contributed by atoms with Crippen LogP contribution in [0.1, 0.15) is 39.1 Å². The molecule has 1 heterocycles. The first-order valence-corrected chi connectivity index (χ1v) is 6.71. The number of nitrogens with zero attached hydrogens (tertiary/aromatic N) is 2. The molecule has 0 saturated heterocycles. The van der Waals surface area contributed by atoms with E-state index in [0.29, 0.717) is 11.4 Å². The SMILES string of the molecule is CCc1nn(CC)c(CC(=O)C(C)(C)NC)c1Cl. The summed E-state index contributed by atoms with van der Waals surface area (Å²) < 4.78 is 1.82. The average molecular weight is 272 g/mol. The number of carbonyl (C=O) groups excluding carboxylic acids is 1. The second kappa shape index (κ2) is 5.85. The Morgan fingerprint density at radius 1 is 1.44 bits per heavy atom. The predicted octanol–water partition coefficient (Wildman–Crippen LogP) is 2.23.